The highest BCUT2D eigenvalue weighted by Crippen LogP contribution is 2.18. The summed E-state index contributed by atoms with van der Waals surface area (Å²) in [6.07, 6.45) is 2.80. The average molecular weight is 213 g/mol. The van der Waals surface area contributed by atoms with E-state index < -0.39 is 11.9 Å². The molecule has 0 aliphatic carbocycles. The van der Waals surface area contributed by atoms with E-state index in [1.165, 1.54) is 4.90 Å². The van der Waals surface area contributed by atoms with Crippen molar-refractivity contribution in [3.05, 3.63) is 0 Å². The number of hydrogen-bond donors (Lipinski definition) is 2. The van der Waals surface area contributed by atoms with Crippen LogP contribution < -0.4 is 11.5 Å². The van der Waals surface area contributed by atoms with Crippen LogP contribution in [0.2, 0.25) is 0 Å². The van der Waals surface area contributed by atoms with E-state index in [-0.39, 0.29) is 11.9 Å². The number of carbonyl (C=O) groups excluding carboxylic acids is 2. The molecule has 1 aliphatic rings. The molecule has 2 atom stereocenters. The molecule has 2 unspecified atom stereocenters. The Labute approximate surface area is 89.8 Å². The lowest BCUT2D eigenvalue weighted by Gasteiger charge is -2.39. The van der Waals surface area contributed by atoms with Gasteiger partial charge in [0.15, 0.2) is 0 Å². The molecule has 15 heavy (non-hydrogen) atoms. The van der Waals surface area contributed by atoms with E-state index in [1.807, 2.05) is 6.92 Å². The van der Waals surface area contributed by atoms with Gasteiger partial charge in [0.2, 0.25) is 11.8 Å². The Morgan fingerprint density at radius 2 is 2.20 bits per heavy atom. The molecule has 0 spiro atoms. The van der Waals surface area contributed by atoms with Crippen molar-refractivity contribution in [3.63, 3.8) is 0 Å². The van der Waals surface area contributed by atoms with Gasteiger partial charge in [-0.05, 0) is 12.8 Å². The van der Waals surface area contributed by atoms with Gasteiger partial charge in [-0.3, -0.25) is 9.59 Å². The van der Waals surface area contributed by atoms with Crippen LogP contribution in [-0.4, -0.2) is 35.3 Å². The molecule has 0 aromatic rings. The third kappa shape index (κ3) is 2.92. The van der Waals surface area contributed by atoms with Gasteiger partial charge in [0, 0.05) is 19.0 Å². The molecule has 5 nitrogen and oxygen atoms in total. The quantitative estimate of drug-likeness (QED) is 0.650. The summed E-state index contributed by atoms with van der Waals surface area (Å²) in [5.41, 5.74) is 10.9. The minimum atomic E-state index is -0.418. The van der Waals surface area contributed by atoms with Crippen LogP contribution in [0, 0.1) is 0 Å². The fourth-order valence-electron chi connectivity index (χ4n) is 1.80. The van der Waals surface area contributed by atoms with E-state index >= 15 is 0 Å². The summed E-state index contributed by atoms with van der Waals surface area (Å²) in [5.74, 6) is -0.468. The molecule has 1 saturated heterocycles. The van der Waals surface area contributed by atoms with Crippen LogP contribution >= 0.6 is 0 Å². The standard InChI is InChI=1S/C10H19N3O2/c1-2-3-7(11)6-9(14)13-5-4-8(13)10(12)15/h7-8H,2-6,11H2,1H3,(H2,12,15). The Morgan fingerprint density at radius 3 is 2.60 bits per heavy atom. The van der Waals surface area contributed by atoms with Crippen molar-refractivity contribution in [2.75, 3.05) is 6.54 Å². The van der Waals surface area contributed by atoms with Gasteiger partial charge in [0.25, 0.3) is 0 Å². The minimum absolute atomic E-state index is 0.0500. The van der Waals surface area contributed by atoms with Crippen LogP contribution in [0.15, 0.2) is 0 Å². The number of rotatable bonds is 5. The molecule has 4 N–H and O–H groups in total. The Hall–Kier alpha value is -1.10. The van der Waals surface area contributed by atoms with Crippen molar-refractivity contribution in [1.29, 1.82) is 0 Å². The lowest BCUT2D eigenvalue weighted by Crippen LogP contribution is -2.57. The largest absolute Gasteiger partial charge is 0.368 e. The summed E-state index contributed by atoms with van der Waals surface area (Å²) >= 11 is 0. The third-order valence-corrected chi connectivity index (χ3v) is 2.76. The van der Waals surface area contributed by atoms with Gasteiger partial charge in [-0.15, -0.1) is 0 Å². The summed E-state index contributed by atoms with van der Waals surface area (Å²) in [7, 11) is 0. The van der Waals surface area contributed by atoms with E-state index in [4.69, 9.17) is 11.5 Å². The van der Waals surface area contributed by atoms with Gasteiger partial charge in [0.05, 0.1) is 0 Å². The molecule has 2 amide bonds. The van der Waals surface area contributed by atoms with Gasteiger partial charge in [0.1, 0.15) is 6.04 Å². The fraction of sp³-hybridized carbons (Fsp3) is 0.800. The van der Waals surface area contributed by atoms with Crippen molar-refractivity contribution in [2.45, 2.75) is 44.7 Å². The summed E-state index contributed by atoms with van der Waals surface area (Å²) in [6.45, 7) is 2.66. The number of carbonyl (C=O) groups is 2. The predicted octanol–water partition coefficient (Wildman–Crippen LogP) is -0.410. The SMILES string of the molecule is CCCC(N)CC(=O)N1CCC1C(N)=O. The van der Waals surface area contributed by atoms with Crippen molar-refractivity contribution in [1.82, 2.24) is 4.90 Å². The van der Waals surface area contributed by atoms with Gasteiger partial charge >= 0.3 is 0 Å². The van der Waals surface area contributed by atoms with Crippen LogP contribution in [0.5, 0.6) is 0 Å². The molecule has 0 radical (unpaired) electrons. The van der Waals surface area contributed by atoms with Gasteiger partial charge in [-0.25, -0.2) is 0 Å². The molecule has 0 bridgehead atoms. The number of hydrogen-bond acceptors (Lipinski definition) is 3. The van der Waals surface area contributed by atoms with E-state index in [9.17, 15) is 9.59 Å². The molecule has 1 heterocycles. The second-order valence-corrected chi connectivity index (χ2v) is 4.05. The Morgan fingerprint density at radius 1 is 1.53 bits per heavy atom. The van der Waals surface area contributed by atoms with E-state index in [1.54, 1.807) is 0 Å². The summed E-state index contributed by atoms with van der Waals surface area (Å²) in [5, 5.41) is 0. The topological polar surface area (TPSA) is 89.4 Å². The van der Waals surface area contributed by atoms with Crippen molar-refractivity contribution < 1.29 is 9.59 Å². The Bertz CT molecular complexity index is 255. The second kappa shape index (κ2) is 5.11. The van der Waals surface area contributed by atoms with Crippen molar-refractivity contribution in [2.24, 2.45) is 11.5 Å². The first-order chi connectivity index (χ1) is 7.06. The molecule has 5 heteroatoms. The smallest absolute Gasteiger partial charge is 0.240 e. The zero-order valence-corrected chi connectivity index (χ0v) is 9.11. The molecular weight excluding hydrogens is 194 g/mol. The molecule has 1 fully saturated rings. The van der Waals surface area contributed by atoms with Crippen LogP contribution in [-0.2, 0) is 9.59 Å². The van der Waals surface area contributed by atoms with Crippen molar-refractivity contribution >= 4 is 11.8 Å². The normalized spacial score (nSPS) is 22.0. The maximum atomic E-state index is 11.7. The van der Waals surface area contributed by atoms with E-state index in [0.717, 1.165) is 12.8 Å². The van der Waals surface area contributed by atoms with Gasteiger partial charge in [-0.1, -0.05) is 13.3 Å². The number of nitrogens with zero attached hydrogens (tertiary/aromatic N) is 1. The zero-order valence-electron chi connectivity index (χ0n) is 9.11. The second-order valence-electron chi connectivity index (χ2n) is 4.05. The van der Waals surface area contributed by atoms with Crippen molar-refractivity contribution in [3.8, 4) is 0 Å². The van der Waals surface area contributed by atoms with Crippen LogP contribution in [0.3, 0.4) is 0 Å². The average Bonchev–Trinajstić information content (AvgIpc) is 1.99. The number of amides is 2. The molecule has 0 aromatic carbocycles. The first-order valence-corrected chi connectivity index (χ1v) is 5.40. The molecule has 86 valence electrons. The zero-order chi connectivity index (χ0) is 11.4. The molecule has 1 aliphatic heterocycles. The highest BCUT2D eigenvalue weighted by molar-refractivity contribution is 5.88. The maximum Gasteiger partial charge on any atom is 0.240 e. The number of primary amides is 1. The van der Waals surface area contributed by atoms with Crippen LogP contribution in [0.4, 0.5) is 0 Å². The Balaban J connectivity index is 2.37. The summed E-state index contributed by atoms with van der Waals surface area (Å²) in [6, 6.07) is -0.497. The van der Waals surface area contributed by atoms with E-state index in [2.05, 4.69) is 0 Å². The van der Waals surface area contributed by atoms with E-state index in [0.29, 0.717) is 19.4 Å². The van der Waals surface area contributed by atoms with Gasteiger partial charge in [-0.2, -0.15) is 0 Å². The third-order valence-electron chi connectivity index (χ3n) is 2.76. The van der Waals surface area contributed by atoms with Crippen LogP contribution in [0.1, 0.15) is 32.6 Å². The molecular formula is C10H19N3O2. The number of nitrogens with two attached hydrogens (primary N) is 2. The highest BCUT2D eigenvalue weighted by Gasteiger charge is 2.36. The monoisotopic (exact) mass is 213 g/mol. The first-order valence-electron chi connectivity index (χ1n) is 5.40. The molecule has 1 rings (SSSR count). The fourth-order valence-corrected chi connectivity index (χ4v) is 1.80. The highest BCUT2D eigenvalue weighted by atomic mass is 16.2. The first kappa shape index (κ1) is 12.0. The minimum Gasteiger partial charge on any atom is -0.368 e. The van der Waals surface area contributed by atoms with Gasteiger partial charge < -0.3 is 16.4 Å². The lowest BCUT2D eigenvalue weighted by molar-refractivity contribution is -0.146. The molecule has 0 aromatic heterocycles. The maximum absolute atomic E-state index is 11.7. The van der Waals surface area contributed by atoms with Crippen LogP contribution in [0.25, 0.3) is 0 Å². The summed E-state index contributed by atoms with van der Waals surface area (Å²) < 4.78 is 0. The summed E-state index contributed by atoms with van der Waals surface area (Å²) in [4.78, 5) is 24.1. The predicted molar refractivity (Wildman–Crippen MR) is 56.8 cm³/mol. The Kier molecular flexibility index (Phi) is 4.08. The number of likely N-dealkylation sites (tertiary alicyclic amines) is 1. The molecule has 0 saturated carbocycles. The lowest BCUT2D eigenvalue weighted by atomic mass is 10.00.